The number of thioether (sulfide) groups is 1. The van der Waals surface area contributed by atoms with E-state index in [-0.39, 0.29) is 5.91 Å². The zero-order valence-corrected chi connectivity index (χ0v) is 15.5. The monoisotopic (exact) mass is 354 g/mol. The lowest BCUT2D eigenvalue weighted by atomic mass is 9.99. The molecule has 1 aromatic rings. The number of carbonyl (C=O) groups excluding carboxylic acids is 1. The van der Waals surface area contributed by atoms with Crippen LogP contribution < -0.4 is 5.32 Å². The molecule has 0 spiro atoms. The molecule has 0 radical (unpaired) electrons. The highest BCUT2D eigenvalue weighted by Gasteiger charge is 2.14. The minimum atomic E-state index is 0.129. The van der Waals surface area contributed by atoms with Crippen LogP contribution in [0.4, 0.5) is 0 Å². The molecule has 0 atom stereocenters. The smallest absolute Gasteiger partial charge is 0.230 e. The molecule has 1 N–H and O–H groups in total. The van der Waals surface area contributed by atoms with Crippen LogP contribution in [0.2, 0.25) is 5.02 Å². The van der Waals surface area contributed by atoms with Crippen molar-refractivity contribution < 1.29 is 4.79 Å². The van der Waals surface area contributed by atoms with Gasteiger partial charge in [-0.05, 0) is 62.5 Å². The number of amides is 1. The summed E-state index contributed by atoms with van der Waals surface area (Å²) in [4.78, 5) is 14.3. The Bertz CT molecular complexity index is 490. The number of carbonyl (C=O) groups is 1. The number of likely N-dealkylation sites (tertiary alicyclic amines) is 1. The standard InChI is InChI=1S/C18H27ClN2OS/c1-15-6-10-21(11-7-15)9-3-8-20-18(22)14-23-13-16-4-2-5-17(19)12-16/h2,4-5,12,15H,3,6-11,13-14H2,1H3,(H,20,22). The summed E-state index contributed by atoms with van der Waals surface area (Å²) in [7, 11) is 0. The van der Waals surface area contributed by atoms with Crippen molar-refractivity contribution in [2.45, 2.75) is 31.9 Å². The van der Waals surface area contributed by atoms with E-state index in [0.29, 0.717) is 5.75 Å². The first kappa shape index (κ1) is 18.6. The van der Waals surface area contributed by atoms with E-state index in [0.717, 1.165) is 41.8 Å². The predicted octanol–water partition coefficient (Wildman–Crippen LogP) is 3.81. The Morgan fingerprint density at radius 1 is 1.39 bits per heavy atom. The van der Waals surface area contributed by atoms with Gasteiger partial charge in [-0.1, -0.05) is 30.7 Å². The van der Waals surface area contributed by atoms with Crippen molar-refractivity contribution in [3.8, 4) is 0 Å². The molecule has 1 saturated heterocycles. The highest BCUT2D eigenvalue weighted by Crippen LogP contribution is 2.17. The third kappa shape index (κ3) is 7.60. The molecule has 0 bridgehead atoms. The maximum absolute atomic E-state index is 11.8. The predicted molar refractivity (Wildman–Crippen MR) is 100 cm³/mol. The molecule has 1 fully saturated rings. The van der Waals surface area contributed by atoms with Crippen LogP contribution in [0.15, 0.2) is 24.3 Å². The minimum absolute atomic E-state index is 0.129. The average Bonchev–Trinajstić information content (AvgIpc) is 2.53. The summed E-state index contributed by atoms with van der Waals surface area (Å²) >= 11 is 7.58. The maximum Gasteiger partial charge on any atom is 0.230 e. The fourth-order valence-corrected chi connectivity index (χ4v) is 3.77. The molecule has 0 aliphatic carbocycles. The van der Waals surface area contributed by atoms with Gasteiger partial charge in [-0.25, -0.2) is 0 Å². The van der Waals surface area contributed by atoms with Gasteiger partial charge in [0.2, 0.25) is 5.91 Å². The number of nitrogens with one attached hydrogen (secondary N) is 1. The first-order valence-corrected chi connectivity index (χ1v) is 9.98. The lowest BCUT2D eigenvalue weighted by molar-refractivity contribution is -0.118. The van der Waals surface area contributed by atoms with Gasteiger partial charge in [0.25, 0.3) is 0 Å². The zero-order chi connectivity index (χ0) is 16.5. The summed E-state index contributed by atoms with van der Waals surface area (Å²) in [5.74, 6) is 2.33. The van der Waals surface area contributed by atoms with Gasteiger partial charge in [-0.15, -0.1) is 11.8 Å². The van der Waals surface area contributed by atoms with Crippen LogP contribution in [0.25, 0.3) is 0 Å². The van der Waals surface area contributed by atoms with Crippen LogP contribution in [-0.4, -0.2) is 42.7 Å². The molecule has 0 saturated carbocycles. The Balaban J connectivity index is 1.50. The minimum Gasteiger partial charge on any atom is -0.355 e. The van der Waals surface area contributed by atoms with Crippen LogP contribution in [0, 0.1) is 5.92 Å². The Hall–Kier alpha value is -0.710. The first-order chi connectivity index (χ1) is 11.1. The van der Waals surface area contributed by atoms with Crippen LogP contribution in [-0.2, 0) is 10.5 Å². The van der Waals surface area contributed by atoms with Crippen molar-refractivity contribution in [2.75, 3.05) is 31.9 Å². The van der Waals surface area contributed by atoms with Crippen LogP contribution >= 0.6 is 23.4 Å². The summed E-state index contributed by atoms with van der Waals surface area (Å²) in [6.45, 7) is 6.64. The topological polar surface area (TPSA) is 32.3 Å². The summed E-state index contributed by atoms with van der Waals surface area (Å²) in [5.41, 5.74) is 1.16. The van der Waals surface area contributed by atoms with Gasteiger partial charge in [-0.3, -0.25) is 4.79 Å². The molecular weight excluding hydrogens is 328 g/mol. The molecule has 128 valence electrons. The van der Waals surface area contributed by atoms with E-state index in [1.165, 1.54) is 25.9 Å². The molecule has 5 heteroatoms. The summed E-state index contributed by atoms with van der Waals surface area (Å²) in [6, 6.07) is 7.80. The summed E-state index contributed by atoms with van der Waals surface area (Å²) < 4.78 is 0. The van der Waals surface area contributed by atoms with Crippen molar-refractivity contribution in [1.29, 1.82) is 0 Å². The highest BCUT2D eigenvalue weighted by atomic mass is 35.5. The molecule has 0 unspecified atom stereocenters. The molecule has 1 aliphatic heterocycles. The molecule has 1 amide bonds. The SMILES string of the molecule is CC1CCN(CCCNC(=O)CSCc2cccc(Cl)c2)CC1. The second kappa shape index (κ2) is 10.2. The molecule has 1 aliphatic rings. The molecule has 3 nitrogen and oxygen atoms in total. The number of halogens is 1. The summed E-state index contributed by atoms with van der Waals surface area (Å²) in [5, 5.41) is 3.77. The zero-order valence-electron chi connectivity index (χ0n) is 13.9. The fraction of sp³-hybridized carbons (Fsp3) is 0.611. The van der Waals surface area contributed by atoms with E-state index in [1.807, 2.05) is 24.3 Å². The van der Waals surface area contributed by atoms with Crippen molar-refractivity contribution in [1.82, 2.24) is 10.2 Å². The molecule has 1 aromatic carbocycles. The Labute approximate surface area is 149 Å². The van der Waals surface area contributed by atoms with Gasteiger partial charge < -0.3 is 10.2 Å². The molecule has 2 rings (SSSR count). The van der Waals surface area contributed by atoms with Crippen molar-refractivity contribution >= 4 is 29.3 Å². The number of hydrogen-bond donors (Lipinski definition) is 1. The quantitative estimate of drug-likeness (QED) is 0.720. The summed E-state index contributed by atoms with van der Waals surface area (Å²) in [6.07, 6.45) is 3.66. The lowest BCUT2D eigenvalue weighted by Crippen LogP contribution is -2.35. The second-order valence-corrected chi connectivity index (χ2v) is 7.77. The average molecular weight is 355 g/mol. The third-order valence-electron chi connectivity index (χ3n) is 4.24. The lowest BCUT2D eigenvalue weighted by Gasteiger charge is -2.30. The number of piperidine rings is 1. The fourth-order valence-electron chi connectivity index (χ4n) is 2.76. The van der Waals surface area contributed by atoms with Gasteiger partial charge in [0.05, 0.1) is 5.75 Å². The van der Waals surface area contributed by atoms with E-state index in [4.69, 9.17) is 11.6 Å². The van der Waals surface area contributed by atoms with Crippen molar-refractivity contribution in [3.05, 3.63) is 34.9 Å². The van der Waals surface area contributed by atoms with Gasteiger partial charge in [-0.2, -0.15) is 0 Å². The highest BCUT2D eigenvalue weighted by molar-refractivity contribution is 7.99. The van der Waals surface area contributed by atoms with E-state index in [1.54, 1.807) is 11.8 Å². The Kier molecular flexibility index (Phi) is 8.27. The Morgan fingerprint density at radius 2 is 2.17 bits per heavy atom. The van der Waals surface area contributed by atoms with Gasteiger partial charge in [0.1, 0.15) is 0 Å². The van der Waals surface area contributed by atoms with E-state index in [9.17, 15) is 4.79 Å². The van der Waals surface area contributed by atoms with Crippen LogP contribution in [0.3, 0.4) is 0 Å². The largest absolute Gasteiger partial charge is 0.355 e. The van der Waals surface area contributed by atoms with Crippen molar-refractivity contribution in [3.63, 3.8) is 0 Å². The molecule has 23 heavy (non-hydrogen) atoms. The molecule has 0 aromatic heterocycles. The normalized spacial score (nSPS) is 16.4. The van der Waals surface area contributed by atoms with Gasteiger partial charge >= 0.3 is 0 Å². The molecule has 1 heterocycles. The maximum atomic E-state index is 11.8. The number of hydrogen-bond acceptors (Lipinski definition) is 3. The van der Waals surface area contributed by atoms with Crippen LogP contribution in [0.5, 0.6) is 0 Å². The van der Waals surface area contributed by atoms with Crippen LogP contribution in [0.1, 0.15) is 31.7 Å². The van der Waals surface area contributed by atoms with Gasteiger partial charge in [0.15, 0.2) is 0 Å². The number of rotatable bonds is 8. The number of nitrogens with zero attached hydrogens (tertiary/aromatic N) is 1. The van der Waals surface area contributed by atoms with Crippen molar-refractivity contribution in [2.24, 2.45) is 5.92 Å². The number of benzene rings is 1. The first-order valence-electron chi connectivity index (χ1n) is 8.45. The van der Waals surface area contributed by atoms with E-state index < -0.39 is 0 Å². The third-order valence-corrected chi connectivity index (χ3v) is 5.48. The van der Waals surface area contributed by atoms with Gasteiger partial charge in [0, 0.05) is 17.3 Å². The molecular formula is C18H27ClN2OS. The Morgan fingerprint density at radius 3 is 2.91 bits per heavy atom. The van der Waals surface area contributed by atoms with E-state index in [2.05, 4.69) is 17.1 Å². The van der Waals surface area contributed by atoms with E-state index >= 15 is 0 Å². The second-order valence-electron chi connectivity index (χ2n) is 6.35.